The second-order valence-electron chi connectivity index (χ2n) is 9.61. The molecular formula is C27H32N4O5S. The summed E-state index contributed by atoms with van der Waals surface area (Å²) in [7, 11) is 0. The lowest BCUT2D eigenvalue weighted by atomic mass is 10.0. The fourth-order valence-corrected chi connectivity index (χ4v) is 4.57. The van der Waals surface area contributed by atoms with Crippen LogP contribution in [0.15, 0.2) is 60.0 Å². The minimum Gasteiger partial charge on any atom is -0.444 e. The van der Waals surface area contributed by atoms with E-state index in [1.807, 2.05) is 42.6 Å². The molecule has 0 saturated carbocycles. The number of hydrogen-bond acceptors (Lipinski definition) is 7. The monoisotopic (exact) mass is 524 g/mol. The molecule has 2 atom stereocenters. The van der Waals surface area contributed by atoms with Crippen molar-refractivity contribution in [3.8, 4) is 0 Å². The predicted octanol–water partition coefficient (Wildman–Crippen LogP) is 5.15. The number of nitrogens with zero attached hydrogens (tertiary/aromatic N) is 2. The normalized spacial score (nSPS) is 12.9. The van der Waals surface area contributed by atoms with E-state index in [0.29, 0.717) is 6.42 Å². The summed E-state index contributed by atoms with van der Waals surface area (Å²) in [4.78, 5) is 41.4. The van der Waals surface area contributed by atoms with Gasteiger partial charge < -0.3 is 15.4 Å². The zero-order chi connectivity index (χ0) is 27.0. The number of ether oxygens (including phenoxy) is 1. The summed E-state index contributed by atoms with van der Waals surface area (Å²) >= 11 is 1.44. The first-order chi connectivity index (χ1) is 17.5. The highest BCUT2D eigenvalue weighted by Crippen LogP contribution is 2.24. The van der Waals surface area contributed by atoms with E-state index in [1.54, 1.807) is 32.9 Å². The number of amides is 2. The number of aromatic nitrogens is 1. The third-order valence-corrected chi connectivity index (χ3v) is 6.43. The summed E-state index contributed by atoms with van der Waals surface area (Å²) < 4.78 is 5.39. The van der Waals surface area contributed by atoms with Crippen molar-refractivity contribution in [1.29, 1.82) is 0 Å². The molecule has 196 valence electrons. The number of rotatable bonds is 10. The molecule has 2 amide bonds. The molecule has 9 nitrogen and oxygen atoms in total. The first kappa shape index (κ1) is 27.8. The fourth-order valence-electron chi connectivity index (χ4n) is 3.62. The molecule has 0 aliphatic rings. The Labute approximate surface area is 220 Å². The molecule has 3 aromatic rings. The number of carbonyl (C=O) groups is 2. The topological polar surface area (TPSA) is 123 Å². The van der Waals surface area contributed by atoms with Gasteiger partial charge in [0.05, 0.1) is 16.7 Å². The van der Waals surface area contributed by atoms with Crippen LogP contribution in [0.25, 0.3) is 0 Å². The van der Waals surface area contributed by atoms with Crippen molar-refractivity contribution in [2.75, 3.05) is 0 Å². The number of nitrogens with one attached hydrogen (secondary N) is 2. The number of benzene rings is 2. The lowest BCUT2D eigenvalue weighted by molar-refractivity contribution is -0.384. The van der Waals surface area contributed by atoms with Crippen LogP contribution in [-0.2, 0) is 28.8 Å². The van der Waals surface area contributed by atoms with Crippen LogP contribution in [0.1, 0.15) is 55.6 Å². The van der Waals surface area contributed by atoms with Gasteiger partial charge in [-0.25, -0.2) is 9.78 Å². The first-order valence-electron chi connectivity index (χ1n) is 12.1. The summed E-state index contributed by atoms with van der Waals surface area (Å²) in [6.45, 7) is 7.27. The standard InChI is InChI=1S/C27H32N4O5S/c1-5-20-17-37-25(28-20)23(16-19-11-13-21(14-12-19)31(34)35)29-24(32)22(15-18-9-7-6-8-10-18)30-26(33)36-27(2,3)4/h6-14,17,22-23H,5,15-16H2,1-4H3,(H,29,32)(H,30,33)/t22-,23?/m0/s1. The molecule has 0 aliphatic heterocycles. The van der Waals surface area contributed by atoms with Gasteiger partial charge in [0.1, 0.15) is 16.7 Å². The minimum atomic E-state index is -0.887. The predicted molar refractivity (Wildman–Crippen MR) is 142 cm³/mol. The molecule has 0 spiro atoms. The Hall–Kier alpha value is -3.79. The minimum absolute atomic E-state index is 0.00339. The molecule has 0 aliphatic carbocycles. The van der Waals surface area contributed by atoms with Gasteiger partial charge in [0.2, 0.25) is 5.91 Å². The van der Waals surface area contributed by atoms with Gasteiger partial charge in [0.25, 0.3) is 5.69 Å². The number of nitro benzene ring substituents is 1. The van der Waals surface area contributed by atoms with Crippen molar-refractivity contribution in [2.24, 2.45) is 0 Å². The lowest BCUT2D eigenvalue weighted by Crippen LogP contribution is -2.50. The Morgan fingerprint density at radius 1 is 1.03 bits per heavy atom. The van der Waals surface area contributed by atoms with Gasteiger partial charge in [-0.15, -0.1) is 11.3 Å². The molecule has 0 radical (unpaired) electrons. The molecule has 3 rings (SSSR count). The number of hydrogen-bond donors (Lipinski definition) is 2. The molecule has 0 fully saturated rings. The van der Waals surface area contributed by atoms with Gasteiger partial charge in [-0.1, -0.05) is 49.4 Å². The Balaban J connectivity index is 1.84. The first-order valence-corrected chi connectivity index (χ1v) is 12.9. The largest absolute Gasteiger partial charge is 0.444 e. The fraction of sp³-hybridized carbons (Fsp3) is 0.370. The van der Waals surface area contributed by atoms with Crippen molar-refractivity contribution in [3.05, 3.63) is 91.9 Å². The molecule has 37 heavy (non-hydrogen) atoms. The molecule has 2 aromatic carbocycles. The number of non-ortho nitro benzene ring substituents is 1. The van der Waals surface area contributed by atoms with E-state index in [0.717, 1.165) is 28.2 Å². The quantitative estimate of drug-likeness (QED) is 0.279. The van der Waals surface area contributed by atoms with Gasteiger partial charge in [-0.05, 0) is 44.7 Å². The van der Waals surface area contributed by atoms with E-state index in [4.69, 9.17) is 4.74 Å². The lowest BCUT2D eigenvalue weighted by Gasteiger charge is -2.25. The summed E-state index contributed by atoms with van der Waals surface area (Å²) in [6.07, 6.45) is 0.725. The summed E-state index contributed by atoms with van der Waals surface area (Å²) in [5.74, 6) is -0.380. The van der Waals surface area contributed by atoms with Crippen molar-refractivity contribution in [3.63, 3.8) is 0 Å². The van der Waals surface area contributed by atoms with Gasteiger partial charge in [-0.2, -0.15) is 0 Å². The Kier molecular flexibility index (Phi) is 9.35. The highest BCUT2D eigenvalue weighted by Gasteiger charge is 2.28. The Morgan fingerprint density at radius 3 is 2.24 bits per heavy atom. The Morgan fingerprint density at radius 2 is 1.68 bits per heavy atom. The molecule has 10 heteroatoms. The van der Waals surface area contributed by atoms with Crippen molar-refractivity contribution in [1.82, 2.24) is 15.6 Å². The molecule has 1 heterocycles. The van der Waals surface area contributed by atoms with Crippen LogP contribution in [0, 0.1) is 10.1 Å². The molecule has 1 unspecified atom stereocenters. The number of thiazole rings is 1. The third kappa shape index (κ3) is 8.68. The van der Waals surface area contributed by atoms with Crippen LogP contribution < -0.4 is 10.6 Å². The molecule has 0 bridgehead atoms. The van der Waals surface area contributed by atoms with E-state index in [2.05, 4.69) is 15.6 Å². The smallest absolute Gasteiger partial charge is 0.408 e. The highest BCUT2D eigenvalue weighted by molar-refractivity contribution is 7.09. The summed E-state index contributed by atoms with van der Waals surface area (Å²) in [5.41, 5.74) is 1.89. The molecule has 1 aromatic heterocycles. The second kappa shape index (κ2) is 12.4. The maximum absolute atomic E-state index is 13.5. The van der Waals surface area contributed by atoms with Crippen molar-refractivity contribution in [2.45, 2.75) is 64.6 Å². The maximum Gasteiger partial charge on any atom is 0.408 e. The van der Waals surface area contributed by atoms with Crippen LogP contribution in [-0.4, -0.2) is 33.6 Å². The second-order valence-corrected chi connectivity index (χ2v) is 10.5. The summed E-state index contributed by atoms with van der Waals surface area (Å²) in [6, 6.07) is 14.3. The number of carbonyl (C=O) groups excluding carboxylic acids is 2. The van der Waals surface area contributed by atoms with Gasteiger partial charge in [0.15, 0.2) is 0 Å². The average Bonchev–Trinajstić information content (AvgIpc) is 3.32. The van der Waals surface area contributed by atoms with Crippen molar-refractivity contribution < 1.29 is 19.2 Å². The van der Waals surface area contributed by atoms with E-state index in [1.165, 1.54) is 23.5 Å². The van der Waals surface area contributed by atoms with E-state index in [-0.39, 0.29) is 18.0 Å². The Bertz CT molecular complexity index is 1210. The van der Waals surface area contributed by atoms with Crippen LogP contribution in [0.5, 0.6) is 0 Å². The average molecular weight is 525 g/mol. The van der Waals surface area contributed by atoms with Gasteiger partial charge in [0, 0.05) is 23.9 Å². The van der Waals surface area contributed by atoms with Crippen LogP contribution in [0.3, 0.4) is 0 Å². The zero-order valence-electron chi connectivity index (χ0n) is 21.4. The van der Waals surface area contributed by atoms with E-state index in [9.17, 15) is 19.7 Å². The van der Waals surface area contributed by atoms with E-state index < -0.39 is 28.7 Å². The van der Waals surface area contributed by atoms with E-state index >= 15 is 0 Å². The molecule has 2 N–H and O–H groups in total. The van der Waals surface area contributed by atoms with Gasteiger partial charge in [-0.3, -0.25) is 14.9 Å². The maximum atomic E-state index is 13.5. The number of nitro groups is 1. The third-order valence-electron chi connectivity index (χ3n) is 5.42. The van der Waals surface area contributed by atoms with Crippen LogP contribution in [0.4, 0.5) is 10.5 Å². The molecule has 0 saturated heterocycles. The number of alkyl carbamates (subject to hydrolysis) is 1. The van der Waals surface area contributed by atoms with Crippen molar-refractivity contribution >= 4 is 29.0 Å². The highest BCUT2D eigenvalue weighted by atomic mass is 32.1. The zero-order valence-corrected chi connectivity index (χ0v) is 22.2. The van der Waals surface area contributed by atoms with Crippen LogP contribution in [0.2, 0.25) is 0 Å². The summed E-state index contributed by atoms with van der Waals surface area (Å²) in [5, 5.41) is 19.5. The van der Waals surface area contributed by atoms with Gasteiger partial charge >= 0.3 is 6.09 Å². The van der Waals surface area contributed by atoms with Crippen LogP contribution >= 0.6 is 11.3 Å². The molecular weight excluding hydrogens is 492 g/mol. The number of aryl methyl sites for hydroxylation is 1. The SMILES string of the molecule is CCc1csc(C(Cc2ccc([N+](=O)[O-])cc2)NC(=O)[C@H](Cc2ccccc2)NC(=O)OC(C)(C)C)n1.